The third kappa shape index (κ3) is 4.35. The Morgan fingerprint density at radius 1 is 1.25 bits per heavy atom. The second-order valence-electron chi connectivity index (χ2n) is 4.38. The first-order valence-electron chi connectivity index (χ1n) is 6.49. The summed E-state index contributed by atoms with van der Waals surface area (Å²) in [5.74, 6) is 1.51. The van der Waals surface area contributed by atoms with Crippen LogP contribution in [0.4, 0.5) is 5.82 Å². The van der Waals surface area contributed by atoms with Crippen LogP contribution in [0.2, 0.25) is 5.02 Å². The van der Waals surface area contributed by atoms with Crippen molar-refractivity contribution in [3.63, 3.8) is 0 Å². The van der Waals surface area contributed by atoms with Crippen molar-refractivity contribution >= 4 is 29.2 Å². The number of nitrogens with one attached hydrogen (secondary N) is 1. The molecule has 0 aliphatic rings. The van der Waals surface area contributed by atoms with Crippen molar-refractivity contribution < 1.29 is 0 Å². The zero-order valence-electron chi connectivity index (χ0n) is 11.6. The maximum absolute atomic E-state index is 6.18. The molecule has 2 heterocycles. The fourth-order valence-corrected chi connectivity index (χ4v) is 2.52. The molecule has 0 bridgehead atoms. The lowest BCUT2D eigenvalue weighted by atomic mass is 10.3. The first-order valence-corrected chi connectivity index (χ1v) is 7.86. The standard InChI is InChI=1S/C14H17ClN4S/c1-3-6-16-13-5-4-11(15)12(19-13)9-20-14-17-7-10(2)8-18-14/h4-5,7-8H,3,6,9H2,1-2H3,(H,16,19). The number of halogens is 1. The number of anilines is 1. The van der Waals surface area contributed by atoms with Gasteiger partial charge in [-0.1, -0.05) is 30.3 Å². The molecule has 0 amide bonds. The van der Waals surface area contributed by atoms with Crippen molar-refractivity contribution in [3.05, 3.63) is 40.8 Å². The van der Waals surface area contributed by atoms with Crippen LogP contribution in [0.25, 0.3) is 0 Å². The summed E-state index contributed by atoms with van der Waals surface area (Å²) in [7, 11) is 0. The molecule has 20 heavy (non-hydrogen) atoms. The van der Waals surface area contributed by atoms with E-state index in [1.165, 1.54) is 11.8 Å². The molecule has 0 aliphatic heterocycles. The number of hydrogen-bond donors (Lipinski definition) is 1. The van der Waals surface area contributed by atoms with E-state index in [1.54, 1.807) is 0 Å². The topological polar surface area (TPSA) is 50.7 Å². The Hall–Kier alpha value is -1.33. The van der Waals surface area contributed by atoms with E-state index in [-0.39, 0.29) is 0 Å². The highest BCUT2D eigenvalue weighted by Crippen LogP contribution is 2.24. The molecule has 2 aromatic rings. The van der Waals surface area contributed by atoms with Crippen LogP contribution in [0.1, 0.15) is 24.6 Å². The summed E-state index contributed by atoms with van der Waals surface area (Å²) in [4.78, 5) is 13.0. The fraction of sp³-hybridized carbons (Fsp3) is 0.357. The lowest BCUT2D eigenvalue weighted by molar-refractivity contribution is 0.946. The monoisotopic (exact) mass is 308 g/mol. The van der Waals surface area contributed by atoms with E-state index >= 15 is 0 Å². The predicted molar refractivity (Wildman–Crippen MR) is 84.4 cm³/mol. The molecular formula is C14H17ClN4S. The normalized spacial score (nSPS) is 10.6. The number of pyridine rings is 1. The molecular weight excluding hydrogens is 292 g/mol. The van der Waals surface area contributed by atoms with Crippen LogP contribution in [0.5, 0.6) is 0 Å². The molecule has 2 aromatic heterocycles. The van der Waals surface area contributed by atoms with Gasteiger partial charge in [-0.15, -0.1) is 0 Å². The van der Waals surface area contributed by atoms with Crippen LogP contribution in [0, 0.1) is 6.92 Å². The Morgan fingerprint density at radius 2 is 2.00 bits per heavy atom. The Balaban J connectivity index is 2.02. The number of aromatic nitrogens is 3. The zero-order valence-corrected chi connectivity index (χ0v) is 13.1. The summed E-state index contributed by atoms with van der Waals surface area (Å²) in [6.45, 7) is 4.99. The van der Waals surface area contributed by atoms with Gasteiger partial charge in [0.05, 0.1) is 10.7 Å². The molecule has 106 valence electrons. The number of rotatable bonds is 6. The van der Waals surface area contributed by atoms with Gasteiger partial charge in [0.25, 0.3) is 0 Å². The molecule has 0 aliphatic carbocycles. The van der Waals surface area contributed by atoms with Gasteiger partial charge in [-0.3, -0.25) is 0 Å². The lowest BCUT2D eigenvalue weighted by Gasteiger charge is -2.08. The molecule has 0 atom stereocenters. The average molecular weight is 309 g/mol. The highest BCUT2D eigenvalue weighted by molar-refractivity contribution is 7.98. The number of thioether (sulfide) groups is 1. The highest BCUT2D eigenvalue weighted by Gasteiger charge is 2.06. The number of aryl methyl sites for hydroxylation is 1. The summed E-state index contributed by atoms with van der Waals surface area (Å²) in [5.41, 5.74) is 1.90. The van der Waals surface area contributed by atoms with Crippen LogP contribution < -0.4 is 5.32 Å². The molecule has 0 fully saturated rings. The van der Waals surface area contributed by atoms with Gasteiger partial charge in [0.2, 0.25) is 0 Å². The van der Waals surface area contributed by atoms with Crippen LogP contribution in [0.3, 0.4) is 0 Å². The van der Waals surface area contributed by atoms with Gasteiger partial charge in [-0.25, -0.2) is 15.0 Å². The third-order valence-corrected chi connectivity index (χ3v) is 3.80. The molecule has 0 saturated heterocycles. The van der Waals surface area contributed by atoms with Crippen LogP contribution in [-0.2, 0) is 5.75 Å². The highest BCUT2D eigenvalue weighted by atomic mass is 35.5. The molecule has 0 spiro atoms. The van der Waals surface area contributed by atoms with Gasteiger partial charge >= 0.3 is 0 Å². The molecule has 6 heteroatoms. The predicted octanol–water partition coefficient (Wildman–Crippen LogP) is 3.95. The van der Waals surface area contributed by atoms with E-state index in [4.69, 9.17) is 11.6 Å². The summed E-state index contributed by atoms with van der Waals surface area (Å²) < 4.78 is 0. The first-order chi connectivity index (χ1) is 9.69. The van der Waals surface area contributed by atoms with E-state index in [9.17, 15) is 0 Å². The van der Waals surface area contributed by atoms with Gasteiger partial charge in [-0.2, -0.15) is 0 Å². The van der Waals surface area contributed by atoms with Crippen molar-refractivity contribution in [2.75, 3.05) is 11.9 Å². The van der Waals surface area contributed by atoms with Crippen molar-refractivity contribution in [2.45, 2.75) is 31.2 Å². The van der Waals surface area contributed by atoms with Gasteiger partial charge in [0, 0.05) is 24.7 Å². The largest absolute Gasteiger partial charge is 0.370 e. The maximum atomic E-state index is 6.18. The SMILES string of the molecule is CCCNc1ccc(Cl)c(CSc2ncc(C)cn2)n1. The van der Waals surface area contributed by atoms with Crippen molar-refractivity contribution in [1.82, 2.24) is 15.0 Å². The number of hydrogen-bond acceptors (Lipinski definition) is 5. The Labute approximate surface area is 128 Å². The molecule has 0 aromatic carbocycles. The summed E-state index contributed by atoms with van der Waals surface area (Å²) in [5, 5.41) is 4.67. The molecule has 2 rings (SSSR count). The van der Waals surface area contributed by atoms with Crippen LogP contribution in [0.15, 0.2) is 29.7 Å². The molecule has 0 saturated carbocycles. The summed E-state index contributed by atoms with van der Waals surface area (Å²) >= 11 is 7.71. The van der Waals surface area contributed by atoms with E-state index in [0.717, 1.165) is 35.2 Å². The minimum absolute atomic E-state index is 0.656. The van der Waals surface area contributed by atoms with Gasteiger partial charge in [0.1, 0.15) is 5.82 Å². The zero-order chi connectivity index (χ0) is 14.4. The molecule has 0 radical (unpaired) electrons. The molecule has 0 unspecified atom stereocenters. The lowest BCUT2D eigenvalue weighted by Crippen LogP contribution is -2.03. The smallest absolute Gasteiger partial charge is 0.187 e. The maximum Gasteiger partial charge on any atom is 0.187 e. The Kier molecular flexibility index (Phi) is 5.61. The third-order valence-electron chi connectivity index (χ3n) is 2.57. The number of nitrogens with zero attached hydrogens (tertiary/aromatic N) is 3. The van der Waals surface area contributed by atoms with E-state index in [1.807, 2.05) is 31.5 Å². The van der Waals surface area contributed by atoms with E-state index in [2.05, 4.69) is 27.2 Å². The van der Waals surface area contributed by atoms with E-state index in [0.29, 0.717) is 10.8 Å². The van der Waals surface area contributed by atoms with Crippen LogP contribution in [-0.4, -0.2) is 21.5 Å². The van der Waals surface area contributed by atoms with Gasteiger partial charge in [-0.05, 0) is 31.0 Å². The Morgan fingerprint density at radius 3 is 2.70 bits per heavy atom. The van der Waals surface area contributed by atoms with E-state index < -0.39 is 0 Å². The summed E-state index contributed by atoms with van der Waals surface area (Å²) in [6, 6.07) is 3.77. The minimum Gasteiger partial charge on any atom is -0.370 e. The summed E-state index contributed by atoms with van der Waals surface area (Å²) in [6.07, 6.45) is 4.68. The van der Waals surface area contributed by atoms with Gasteiger partial charge in [0.15, 0.2) is 5.16 Å². The molecule has 4 nitrogen and oxygen atoms in total. The minimum atomic E-state index is 0.656. The van der Waals surface area contributed by atoms with Crippen molar-refractivity contribution in [1.29, 1.82) is 0 Å². The second kappa shape index (κ2) is 7.45. The van der Waals surface area contributed by atoms with Gasteiger partial charge < -0.3 is 5.32 Å². The molecule has 1 N–H and O–H groups in total. The Bertz CT molecular complexity index is 560. The fourth-order valence-electron chi connectivity index (χ4n) is 1.53. The first kappa shape index (κ1) is 15.1. The second-order valence-corrected chi connectivity index (χ2v) is 5.73. The van der Waals surface area contributed by atoms with Crippen LogP contribution >= 0.6 is 23.4 Å². The quantitative estimate of drug-likeness (QED) is 0.647. The van der Waals surface area contributed by atoms with Crippen molar-refractivity contribution in [3.8, 4) is 0 Å². The average Bonchev–Trinajstić information content (AvgIpc) is 2.46. The van der Waals surface area contributed by atoms with Crippen molar-refractivity contribution in [2.24, 2.45) is 0 Å².